The van der Waals surface area contributed by atoms with Crippen molar-refractivity contribution in [2.24, 2.45) is 5.73 Å². The van der Waals surface area contributed by atoms with Crippen molar-refractivity contribution in [2.75, 3.05) is 24.6 Å². The molecular formula is C14H20ClN3O. The van der Waals surface area contributed by atoms with Crippen LogP contribution in [-0.4, -0.2) is 31.6 Å². The number of nitrogens with zero attached hydrogens (tertiary/aromatic N) is 1. The third kappa shape index (κ3) is 3.39. The van der Waals surface area contributed by atoms with Crippen LogP contribution in [0.4, 0.5) is 5.69 Å². The van der Waals surface area contributed by atoms with E-state index in [1.54, 1.807) is 6.07 Å². The second-order valence-electron chi connectivity index (χ2n) is 4.75. The van der Waals surface area contributed by atoms with Gasteiger partial charge in [0.1, 0.15) is 5.84 Å². The highest BCUT2D eigenvalue weighted by molar-refractivity contribution is 6.34. The molecule has 1 atom stereocenters. The number of hydrogen-bond acceptors (Lipinski definition) is 3. The molecule has 19 heavy (non-hydrogen) atoms. The summed E-state index contributed by atoms with van der Waals surface area (Å²) < 4.78 is 5.67. The molecule has 2 rings (SSSR count). The van der Waals surface area contributed by atoms with Crippen LogP contribution < -0.4 is 10.6 Å². The number of nitrogens with two attached hydrogens (primary N) is 1. The van der Waals surface area contributed by atoms with Crippen molar-refractivity contribution in [3.63, 3.8) is 0 Å². The third-order valence-electron chi connectivity index (χ3n) is 3.44. The number of ether oxygens (including phenoxy) is 1. The normalized spacial score (nSPS) is 18.5. The minimum absolute atomic E-state index is 0.00118. The zero-order chi connectivity index (χ0) is 13.8. The van der Waals surface area contributed by atoms with E-state index in [1.165, 1.54) is 0 Å². The van der Waals surface area contributed by atoms with Crippen molar-refractivity contribution in [3.05, 3.63) is 28.8 Å². The highest BCUT2D eigenvalue weighted by Gasteiger charge is 2.19. The second kappa shape index (κ2) is 6.26. The molecule has 1 fully saturated rings. The van der Waals surface area contributed by atoms with Crippen molar-refractivity contribution < 1.29 is 4.74 Å². The predicted octanol–water partition coefficient (Wildman–Crippen LogP) is 2.63. The fourth-order valence-corrected chi connectivity index (χ4v) is 2.65. The first-order valence-electron chi connectivity index (χ1n) is 6.62. The molecule has 1 heterocycles. The molecule has 0 saturated carbocycles. The van der Waals surface area contributed by atoms with Crippen LogP contribution in [-0.2, 0) is 4.74 Å². The number of likely N-dealkylation sites (N-methyl/N-ethyl adjacent to an activating group) is 1. The van der Waals surface area contributed by atoms with E-state index in [4.69, 9.17) is 27.5 Å². The Hall–Kier alpha value is -1.26. The van der Waals surface area contributed by atoms with Crippen molar-refractivity contribution in [1.29, 1.82) is 5.41 Å². The van der Waals surface area contributed by atoms with Crippen molar-refractivity contribution >= 4 is 23.1 Å². The van der Waals surface area contributed by atoms with E-state index in [0.29, 0.717) is 16.7 Å². The van der Waals surface area contributed by atoms with Crippen LogP contribution >= 0.6 is 11.6 Å². The summed E-state index contributed by atoms with van der Waals surface area (Å²) in [6.45, 7) is 4.76. The summed E-state index contributed by atoms with van der Waals surface area (Å²) >= 11 is 6.16. The van der Waals surface area contributed by atoms with E-state index < -0.39 is 0 Å². The Morgan fingerprint density at radius 2 is 2.37 bits per heavy atom. The van der Waals surface area contributed by atoms with Gasteiger partial charge in [-0.15, -0.1) is 0 Å². The van der Waals surface area contributed by atoms with E-state index in [2.05, 4.69) is 11.8 Å². The van der Waals surface area contributed by atoms with Gasteiger partial charge in [-0.1, -0.05) is 11.6 Å². The standard InChI is InChI=1S/C14H20ClN3O/c1-2-18(9-11-4-3-7-19-11)10-5-6-12(14(16)17)13(15)8-10/h5-6,8,11H,2-4,7,9H2,1H3,(H3,16,17). The van der Waals surface area contributed by atoms with Gasteiger partial charge in [-0.3, -0.25) is 5.41 Å². The number of hydrogen-bond donors (Lipinski definition) is 2. The third-order valence-corrected chi connectivity index (χ3v) is 3.75. The molecular weight excluding hydrogens is 262 g/mol. The first kappa shape index (κ1) is 14.2. The smallest absolute Gasteiger partial charge is 0.124 e. The molecule has 0 aromatic heterocycles. The largest absolute Gasteiger partial charge is 0.384 e. The lowest BCUT2D eigenvalue weighted by Crippen LogP contribution is -2.32. The van der Waals surface area contributed by atoms with E-state index in [-0.39, 0.29) is 5.84 Å². The fraction of sp³-hybridized carbons (Fsp3) is 0.500. The fourth-order valence-electron chi connectivity index (χ4n) is 2.37. The number of benzene rings is 1. The average Bonchev–Trinajstić information content (AvgIpc) is 2.88. The summed E-state index contributed by atoms with van der Waals surface area (Å²) in [6.07, 6.45) is 2.58. The van der Waals surface area contributed by atoms with Gasteiger partial charge < -0.3 is 15.4 Å². The highest BCUT2D eigenvalue weighted by Crippen LogP contribution is 2.25. The van der Waals surface area contributed by atoms with Crippen molar-refractivity contribution in [3.8, 4) is 0 Å². The monoisotopic (exact) mass is 281 g/mol. The van der Waals surface area contributed by atoms with Crippen molar-refractivity contribution in [1.82, 2.24) is 0 Å². The van der Waals surface area contributed by atoms with Gasteiger partial charge in [0, 0.05) is 30.9 Å². The lowest BCUT2D eigenvalue weighted by molar-refractivity contribution is 0.115. The van der Waals surface area contributed by atoms with Crippen LogP contribution in [0.15, 0.2) is 18.2 Å². The second-order valence-corrected chi connectivity index (χ2v) is 5.16. The van der Waals surface area contributed by atoms with Crippen LogP contribution in [0.1, 0.15) is 25.3 Å². The van der Waals surface area contributed by atoms with Gasteiger partial charge in [0.15, 0.2) is 0 Å². The Bertz CT molecular complexity index is 458. The molecule has 1 aromatic carbocycles. The van der Waals surface area contributed by atoms with E-state index >= 15 is 0 Å². The molecule has 1 saturated heterocycles. The summed E-state index contributed by atoms with van der Waals surface area (Å²) in [5.41, 5.74) is 7.10. The Morgan fingerprint density at radius 1 is 1.58 bits per heavy atom. The molecule has 3 N–H and O–H groups in total. The maximum atomic E-state index is 7.44. The van der Waals surface area contributed by atoms with E-state index in [9.17, 15) is 0 Å². The lowest BCUT2D eigenvalue weighted by atomic mass is 10.1. The van der Waals surface area contributed by atoms with Gasteiger partial charge in [0.25, 0.3) is 0 Å². The minimum Gasteiger partial charge on any atom is -0.384 e. The number of nitrogens with one attached hydrogen (secondary N) is 1. The van der Waals surface area contributed by atoms with Gasteiger partial charge in [-0.25, -0.2) is 0 Å². The summed E-state index contributed by atoms with van der Waals surface area (Å²) in [5, 5.41) is 7.96. The Morgan fingerprint density at radius 3 is 2.89 bits per heavy atom. The Kier molecular flexibility index (Phi) is 4.66. The van der Waals surface area contributed by atoms with Crippen LogP contribution in [0.2, 0.25) is 5.02 Å². The Balaban J connectivity index is 2.13. The number of halogens is 1. The number of anilines is 1. The summed E-state index contributed by atoms with van der Waals surface area (Å²) in [5.74, 6) is -0.00118. The SMILES string of the molecule is CCN(CC1CCCO1)c1ccc(C(=N)N)c(Cl)c1. The van der Waals surface area contributed by atoms with Crippen LogP contribution in [0, 0.1) is 5.41 Å². The Labute approximate surface area is 119 Å². The van der Waals surface area contributed by atoms with Gasteiger partial charge in [-0.05, 0) is 38.0 Å². The predicted molar refractivity (Wildman–Crippen MR) is 79.3 cm³/mol. The summed E-state index contributed by atoms with van der Waals surface area (Å²) in [6, 6.07) is 5.63. The molecule has 0 radical (unpaired) electrons. The van der Waals surface area contributed by atoms with Gasteiger partial charge in [-0.2, -0.15) is 0 Å². The minimum atomic E-state index is -0.00118. The lowest BCUT2D eigenvalue weighted by Gasteiger charge is -2.26. The van der Waals surface area contributed by atoms with Crippen LogP contribution in [0.5, 0.6) is 0 Å². The number of amidine groups is 1. The van der Waals surface area contributed by atoms with E-state index in [1.807, 2.05) is 12.1 Å². The topological polar surface area (TPSA) is 62.3 Å². The molecule has 1 aliphatic heterocycles. The molecule has 1 aliphatic rings. The maximum absolute atomic E-state index is 7.44. The van der Waals surface area contributed by atoms with Crippen LogP contribution in [0.25, 0.3) is 0 Å². The number of nitrogen functional groups attached to an aromatic ring is 1. The van der Waals surface area contributed by atoms with Crippen LogP contribution in [0.3, 0.4) is 0 Å². The zero-order valence-electron chi connectivity index (χ0n) is 11.2. The molecule has 4 nitrogen and oxygen atoms in total. The zero-order valence-corrected chi connectivity index (χ0v) is 11.9. The van der Waals surface area contributed by atoms with Crippen molar-refractivity contribution in [2.45, 2.75) is 25.9 Å². The summed E-state index contributed by atoms with van der Waals surface area (Å²) in [4.78, 5) is 2.24. The average molecular weight is 282 g/mol. The molecule has 5 heteroatoms. The van der Waals surface area contributed by atoms with E-state index in [0.717, 1.165) is 38.2 Å². The van der Waals surface area contributed by atoms with Gasteiger partial charge in [0.2, 0.25) is 0 Å². The first-order chi connectivity index (χ1) is 9.11. The molecule has 0 spiro atoms. The first-order valence-corrected chi connectivity index (χ1v) is 7.00. The quantitative estimate of drug-likeness (QED) is 0.644. The summed E-state index contributed by atoms with van der Waals surface area (Å²) in [7, 11) is 0. The molecule has 0 bridgehead atoms. The molecule has 104 valence electrons. The molecule has 0 amide bonds. The molecule has 1 unspecified atom stereocenters. The van der Waals surface area contributed by atoms with Gasteiger partial charge in [0.05, 0.1) is 11.1 Å². The molecule has 0 aliphatic carbocycles. The molecule has 1 aromatic rings. The van der Waals surface area contributed by atoms with Gasteiger partial charge >= 0.3 is 0 Å². The number of rotatable bonds is 5. The highest BCUT2D eigenvalue weighted by atomic mass is 35.5. The maximum Gasteiger partial charge on any atom is 0.124 e.